The normalized spacial score (nSPS) is 11.1. The van der Waals surface area contributed by atoms with E-state index in [1.807, 2.05) is 0 Å². The van der Waals surface area contributed by atoms with Gasteiger partial charge in [-0.25, -0.2) is 18.3 Å². The molecule has 21 heavy (non-hydrogen) atoms. The van der Waals surface area contributed by atoms with Crippen LogP contribution in [0.5, 0.6) is 0 Å². The van der Waals surface area contributed by atoms with Gasteiger partial charge >= 0.3 is 0 Å². The van der Waals surface area contributed by atoms with E-state index in [2.05, 4.69) is 69.6 Å². The highest BCUT2D eigenvalue weighted by Gasteiger charge is 2.04. The van der Waals surface area contributed by atoms with Crippen LogP contribution in [0.1, 0.15) is 46.0 Å². The van der Waals surface area contributed by atoms with Gasteiger partial charge in [-0.1, -0.05) is 13.8 Å². The van der Waals surface area contributed by atoms with Gasteiger partial charge in [0.05, 0.1) is 26.2 Å². The molecule has 2 aromatic heterocycles. The molecule has 0 N–H and O–H groups in total. The predicted octanol–water partition coefficient (Wildman–Crippen LogP) is 2.56. The molecule has 2 rings (SSSR count). The lowest BCUT2D eigenvalue weighted by Crippen LogP contribution is -2.30. The third kappa shape index (κ3) is 5.37. The van der Waals surface area contributed by atoms with Gasteiger partial charge in [0.25, 0.3) is 0 Å². The molecule has 4 nitrogen and oxygen atoms in total. The number of imidazole rings is 2. The maximum Gasteiger partial charge on any atom is 0.243 e. The number of aryl methyl sites for hydroxylation is 4. The first kappa shape index (κ1) is 15.8. The van der Waals surface area contributed by atoms with Gasteiger partial charge in [-0.2, -0.15) is 0 Å². The lowest BCUT2D eigenvalue weighted by molar-refractivity contribution is -0.696. The zero-order valence-electron chi connectivity index (χ0n) is 13.6. The number of rotatable bonds is 10. The van der Waals surface area contributed by atoms with Crippen molar-refractivity contribution in [2.75, 3.05) is 0 Å². The van der Waals surface area contributed by atoms with Crippen molar-refractivity contribution in [2.24, 2.45) is 0 Å². The number of hydrogen-bond acceptors (Lipinski definition) is 0. The summed E-state index contributed by atoms with van der Waals surface area (Å²) in [6.45, 7) is 8.96. The molecule has 0 spiro atoms. The highest BCUT2D eigenvalue weighted by molar-refractivity contribution is 4.67. The molecule has 0 aliphatic heterocycles. The molecule has 0 saturated heterocycles. The molecule has 116 valence electrons. The molecule has 0 fully saturated rings. The number of nitrogens with zero attached hydrogens (tertiary/aromatic N) is 4. The van der Waals surface area contributed by atoms with Crippen molar-refractivity contribution in [1.29, 1.82) is 0 Å². The van der Waals surface area contributed by atoms with E-state index in [0.29, 0.717) is 0 Å². The highest BCUT2D eigenvalue weighted by atomic mass is 15.1. The highest BCUT2D eigenvalue weighted by Crippen LogP contribution is 2.01. The van der Waals surface area contributed by atoms with Gasteiger partial charge in [-0.3, -0.25) is 0 Å². The van der Waals surface area contributed by atoms with Gasteiger partial charge in [0.2, 0.25) is 12.7 Å². The van der Waals surface area contributed by atoms with E-state index in [1.165, 1.54) is 32.1 Å². The second kappa shape index (κ2) is 8.65. The Morgan fingerprint density at radius 1 is 0.714 bits per heavy atom. The summed E-state index contributed by atoms with van der Waals surface area (Å²) in [5.74, 6) is 0. The first-order valence-corrected chi connectivity index (χ1v) is 8.41. The van der Waals surface area contributed by atoms with Crippen molar-refractivity contribution >= 4 is 0 Å². The van der Waals surface area contributed by atoms with Gasteiger partial charge in [-0.15, -0.1) is 0 Å². The number of hydrogen-bond donors (Lipinski definition) is 0. The molecule has 2 aromatic rings. The molecule has 4 heteroatoms. The van der Waals surface area contributed by atoms with Crippen molar-refractivity contribution in [1.82, 2.24) is 9.13 Å². The van der Waals surface area contributed by atoms with E-state index >= 15 is 0 Å². The fourth-order valence-electron chi connectivity index (χ4n) is 2.69. The minimum Gasteiger partial charge on any atom is -0.237 e. The van der Waals surface area contributed by atoms with Crippen LogP contribution in [0.3, 0.4) is 0 Å². The molecule has 0 aromatic carbocycles. The largest absolute Gasteiger partial charge is 0.243 e. The van der Waals surface area contributed by atoms with E-state index in [-0.39, 0.29) is 0 Å². The van der Waals surface area contributed by atoms with Crippen LogP contribution in [0.2, 0.25) is 0 Å². The minimum atomic E-state index is 1.12. The van der Waals surface area contributed by atoms with Crippen LogP contribution in [-0.2, 0) is 26.2 Å². The molecule has 0 saturated carbocycles. The first-order chi connectivity index (χ1) is 10.3. The number of unbranched alkanes of at least 4 members (excludes halogenated alkanes) is 2. The Balaban J connectivity index is 1.60. The Bertz CT molecular complexity index is 466. The predicted molar refractivity (Wildman–Crippen MR) is 83.7 cm³/mol. The van der Waals surface area contributed by atoms with Crippen LogP contribution in [0, 0.1) is 0 Å². The summed E-state index contributed by atoms with van der Waals surface area (Å²) in [5.41, 5.74) is 0. The smallest absolute Gasteiger partial charge is 0.237 e. The Labute approximate surface area is 128 Å². The van der Waals surface area contributed by atoms with Crippen LogP contribution in [0.15, 0.2) is 37.4 Å². The summed E-state index contributed by atoms with van der Waals surface area (Å²) < 4.78 is 9.15. The van der Waals surface area contributed by atoms with Gasteiger partial charge in [0, 0.05) is 0 Å². The molecule has 0 aliphatic rings. The molecular formula is C17H30N4+2. The summed E-state index contributed by atoms with van der Waals surface area (Å²) in [7, 11) is 0. The Morgan fingerprint density at radius 2 is 1.19 bits per heavy atom. The zero-order chi connectivity index (χ0) is 14.9. The number of aromatic nitrogens is 4. The van der Waals surface area contributed by atoms with Gasteiger partial charge < -0.3 is 0 Å². The van der Waals surface area contributed by atoms with Crippen molar-refractivity contribution in [3.05, 3.63) is 37.4 Å². The summed E-state index contributed by atoms with van der Waals surface area (Å²) in [6, 6.07) is 0. The van der Waals surface area contributed by atoms with Crippen molar-refractivity contribution in [3.63, 3.8) is 0 Å². The molecule has 2 heterocycles. The third-order valence-electron chi connectivity index (χ3n) is 3.79. The molecule has 0 amide bonds. The van der Waals surface area contributed by atoms with Crippen LogP contribution >= 0.6 is 0 Å². The second-order valence-corrected chi connectivity index (χ2v) is 5.84. The SMILES string of the molecule is CCC[n+]1ccn(CCCCCn2cc[n+](CCC)c2)c1. The van der Waals surface area contributed by atoms with Gasteiger partial charge in [0.1, 0.15) is 24.8 Å². The topological polar surface area (TPSA) is 17.6 Å². The van der Waals surface area contributed by atoms with E-state index in [0.717, 1.165) is 26.2 Å². The average molecular weight is 290 g/mol. The molecule has 0 unspecified atom stereocenters. The summed E-state index contributed by atoms with van der Waals surface area (Å²) in [5, 5.41) is 0. The first-order valence-electron chi connectivity index (χ1n) is 8.41. The minimum absolute atomic E-state index is 1.12. The third-order valence-corrected chi connectivity index (χ3v) is 3.79. The van der Waals surface area contributed by atoms with Crippen molar-refractivity contribution in [2.45, 2.75) is 72.1 Å². The fraction of sp³-hybridized carbons (Fsp3) is 0.647. The van der Waals surface area contributed by atoms with Crippen LogP contribution in [-0.4, -0.2) is 9.13 Å². The van der Waals surface area contributed by atoms with E-state index in [9.17, 15) is 0 Å². The standard InChI is InChI=1S/C17H30N4/c1-3-8-18-12-14-20(16-18)10-6-5-7-11-21-15-13-19(17-21)9-4-2/h12-17H,3-11H2,1-2H3/q+2. The van der Waals surface area contributed by atoms with Crippen molar-refractivity contribution in [3.8, 4) is 0 Å². The summed E-state index contributed by atoms with van der Waals surface area (Å²) >= 11 is 0. The summed E-state index contributed by atoms with van der Waals surface area (Å²) in [4.78, 5) is 0. The Kier molecular flexibility index (Phi) is 6.51. The monoisotopic (exact) mass is 290 g/mol. The van der Waals surface area contributed by atoms with Gasteiger partial charge in [0.15, 0.2) is 0 Å². The lowest BCUT2D eigenvalue weighted by atomic mass is 10.2. The molecule has 0 aliphatic carbocycles. The van der Waals surface area contributed by atoms with E-state index in [1.54, 1.807) is 0 Å². The van der Waals surface area contributed by atoms with Crippen LogP contribution in [0.25, 0.3) is 0 Å². The molecule has 0 atom stereocenters. The van der Waals surface area contributed by atoms with E-state index < -0.39 is 0 Å². The maximum absolute atomic E-state index is 2.31. The maximum atomic E-state index is 2.31. The van der Waals surface area contributed by atoms with Crippen LogP contribution < -0.4 is 9.13 Å². The van der Waals surface area contributed by atoms with Gasteiger partial charge in [-0.05, 0) is 32.1 Å². The fourth-order valence-corrected chi connectivity index (χ4v) is 2.69. The molecular weight excluding hydrogens is 260 g/mol. The van der Waals surface area contributed by atoms with E-state index in [4.69, 9.17) is 0 Å². The molecule has 0 radical (unpaired) electrons. The molecule has 0 bridgehead atoms. The lowest BCUT2D eigenvalue weighted by Gasteiger charge is -1.98. The average Bonchev–Trinajstić information content (AvgIpc) is 3.09. The quantitative estimate of drug-likeness (QED) is 0.473. The second-order valence-electron chi connectivity index (χ2n) is 5.84. The zero-order valence-corrected chi connectivity index (χ0v) is 13.6. The summed E-state index contributed by atoms with van der Waals surface area (Å²) in [6.07, 6.45) is 19.4. The Hall–Kier alpha value is -1.58. The van der Waals surface area contributed by atoms with Crippen LogP contribution in [0.4, 0.5) is 0 Å². The van der Waals surface area contributed by atoms with Crippen molar-refractivity contribution < 1.29 is 9.13 Å². The Morgan fingerprint density at radius 3 is 1.62 bits per heavy atom.